The lowest BCUT2D eigenvalue weighted by Crippen LogP contribution is -2.60. The lowest BCUT2D eigenvalue weighted by atomic mass is 10.00. The first-order valence-electron chi connectivity index (χ1n) is 4.94. The van der Waals surface area contributed by atoms with Gasteiger partial charge in [-0.25, -0.2) is 0 Å². The van der Waals surface area contributed by atoms with E-state index in [0.29, 0.717) is 24.4 Å². The molecular weight excluding hydrogens is 166 g/mol. The van der Waals surface area contributed by atoms with Crippen LogP contribution >= 0.6 is 0 Å². The average molecular weight is 183 g/mol. The van der Waals surface area contributed by atoms with Gasteiger partial charge in [-0.3, -0.25) is 9.69 Å². The molecule has 74 valence electrons. The molecule has 0 bridgehead atoms. The highest BCUT2D eigenvalue weighted by Crippen LogP contribution is 2.38. The standard InChI is InChI=1S/C9H17N3O/c10-7-4-12(5-7)8(3-9(11)13)6-1-2-6/h6-8H,1-5,10H2,(H2,11,13). The molecule has 1 amide bonds. The zero-order chi connectivity index (χ0) is 9.42. The highest BCUT2D eigenvalue weighted by atomic mass is 16.1. The molecule has 0 aromatic heterocycles. The van der Waals surface area contributed by atoms with Crippen molar-refractivity contribution in [1.29, 1.82) is 0 Å². The molecule has 1 aliphatic carbocycles. The maximum absolute atomic E-state index is 10.8. The Bertz CT molecular complexity index is 209. The number of nitrogens with zero attached hydrogens (tertiary/aromatic N) is 1. The molecule has 2 aliphatic rings. The number of likely N-dealkylation sites (tertiary alicyclic amines) is 1. The summed E-state index contributed by atoms with van der Waals surface area (Å²) >= 11 is 0. The molecule has 1 saturated carbocycles. The number of hydrogen-bond acceptors (Lipinski definition) is 3. The zero-order valence-corrected chi connectivity index (χ0v) is 7.78. The highest BCUT2D eigenvalue weighted by Gasteiger charge is 2.40. The first kappa shape index (κ1) is 8.97. The summed E-state index contributed by atoms with van der Waals surface area (Å²) in [5, 5.41) is 0. The van der Waals surface area contributed by atoms with E-state index in [-0.39, 0.29) is 5.91 Å². The number of rotatable bonds is 4. The summed E-state index contributed by atoms with van der Waals surface area (Å²) in [4.78, 5) is 13.1. The van der Waals surface area contributed by atoms with Crippen molar-refractivity contribution in [3.05, 3.63) is 0 Å². The van der Waals surface area contributed by atoms with Crippen molar-refractivity contribution in [2.24, 2.45) is 17.4 Å². The highest BCUT2D eigenvalue weighted by molar-refractivity contribution is 5.74. The monoisotopic (exact) mass is 183 g/mol. The van der Waals surface area contributed by atoms with E-state index in [1.807, 2.05) is 0 Å². The van der Waals surface area contributed by atoms with Crippen LogP contribution in [0.3, 0.4) is 0 Å². The molecule has 0 aromatic rings. The van der Waals surface area contributed by atoms with Crippen molar-refractivity contribution in [2.45, 2.75) is 31.3 Å². The van der Waals surface area contributed by atoms with Crippen LogP contribution < -0.4 is 11.5 Å². The molecule has 13 heavy (non-hydrogen) atoms. The Kier molecular flexibility index (Phi) is 2.26. The lowest BCUT2D eigenvalue weighted by Gasteiger charge is -2.42. The van der Waals surface area contributed by atoms with Crippen LogP contribution in [0, 0.1) is 5.92 Å². The number of primary amides is 1. The van der Waals surface area contributed by atoms with Crippen molar-refractivity contribution in [3.8, 4) is 0 Å². The van der Waals surface area contributed by atoms with Gasteiger partial charge in [0, 0.05) is 31.6 Å². The third-order valence-electron chi connectivity index (χ3n) is 2.98. The molecular formula is C9H17N3O. The van der Waals surface area contributed by atoms with Gasteiger partial charge in [0.2, 0.25) is 5.91 Å². The Morgan fingerprint density at radius 3 is 2.46 bits per heavy atom. The topological polar surface area (TPSA) is 72.4 Å². The number of nitrogens with two attached hydrogens (primary N) is 2. The fraction of sp³-hybridized carbons (Fsp3) is 0.889. The van der Waals surface area contributed by atoms with Crippen LogP contribution in [0.1, 0.15) is 19.3 Å². The van der Waals surface area contributed by atoms with E-state index in [0.717, 1.165) is 13.1 Å². The van der Waals surface area contributed by atoms with Crippen LogP contribution in [0.4, 0.5) is 0 Å². The van der Waals surface area contributed by atoms with Gasteiger partial charge in [-0.2, -0.15) is 0 Å². The molecule has 1 heterocycles. The Hall–Kier alpha value is -0.610. The van der Waals surface area contributed by atoms with E-state index in [2.05, 4.69) is 4.90 Å². The Labute approximate surface area is 78.2 Å². The Morgan fingerprint density at radius 1 is 1.46 bits per heavy atom. The summed E-state index contributed by atoms with van der Waals surface area (Å²) in [6.45, 7) is 1.88. The van der Waals surface area contributed by atoms with Gasteiger partial charge in [0.25, 0.3) is 0 Å². The number of hydrogen-bond donors (Lipinski definition) is 2. The van der Waals surface area contributed by atoms with Crippen molar-refractivity contribution >= 4 is 5.91 Å². The van der Waals surface area contributed by atoms with Crippen LogP contribution in [0.5, 0.6) is 0 Å². The normalized spacial score (nSPS) is 26.8. The quantitative estimate of drug-likeness (QED) is 0.604. The number of carbonyl (C=O) groups is 1. The molecule has 4 N–H and O–H groups in total. The van der Waals surface area contributed by atoms with Gasteiger partial charge in [-0.15, -0.1) is 0 Å². The minimum absolute atomic E-state index is 0.183. The van der Waals surface area contributed by atoms with Crippen molar-refractivity contribution < 1.29 is 4.79 Å². The van der Waals surface area contributed by atoms with Crippen LogP contribution in [0.15, 0.2) is 0 Å². The molecule has 1 unspecified atom stereocenters. The largest absolute Gasteiger partial charge is 0.370 e. The number of carbonyl (C=O) groups excluding carboxylic acids is 1. The summed E-state index contributed by atoms with van der Waals surface area (Å²) in [7, 11) is 0. The molecule has 0 aromatic carbocycles. The van der Waals surface area contributed by atoms with E-state index in [1.54, 1.807) is 0 Å². The molecule has 1 atom stereocenters. The fourth-order valence-corrected chi connectivity index (χ4v) is 2.10. The lowest BCUT2D eigenvalue weighted by molar-refractivity contribution is -0.120. The minimum Gasteiger partial charge on any atom is -0.370 e. The fourth-order valence-electron chi connectivity index (χ4n) is 2.10. The van der Waals surface area contributed by atoms with Gasteiger partial charge in [-0.1, -0.05) is 0 Å². The van der Waals surface area contributed by atoms with Crippen molar-refractivity contribution in [1.82, 2.24) is 4.90 Å². The molecule has 1 saturated heterocycles. The third kappa shape index (κ3) is 2.00. The molecule has 4 nitrogen and oxygen atoms in total. The minimum atomic E-state index is -0.183. The Morgan fingerprint density at radius 2 is 2.08 bits per heavy atom. The Balaban J connectivity index is 1.86. The third-order valence-corrected chi connectivity index (χ3v) is 2.98. The molecule has 1 aliphatic heterocycles. The predicted molar refractivity (Wildman–Crippen MR) is 49.9 cm³/mol. The maximum atomic E-state index is 10.8. The van der Waals surface area contributed by atoms with Gasteiger partial charge in [0.15, 0.2) is 0 Å². The smallest absolute Gasteiger partial charge is 0.219 e. The molecule has 0 radical (unpaired) electrons. The van der Waals surface area contributed by atoms with E-state index >= 15 is 0 Å². The second kappa shape index (κ2) is 3.27. The van der Waals surface area contributed by atoms with Crippen LogP contribution in [0.2, 0.25) is 0 Å². The van der Waals surface area contributed by atoms with Gasteiger partial charge in [0.05, 0.1) is 0 Å². The van der Waals surface area contributed by atoms with Gasteiger partial charge in [-0.05, 0) is 18.8 Å². The second-order valence-corrected chi connectivity index (χ2v) is 4.29. The van der Waals surface area contributed by atoms with Crippen LogP contribution in [-0.4, -0.2) is 36.0 Å². The van der Waals surface area contributed by atoms with E-state index < -0.39 is 0 Å². The van der Waals surface area contributed by atoms with E-state index in [1.165, 1.54) is 12.8 Å². The number of amides is 1. The van der Waals surface area contributed by atoms with Gasteiger partial charge in [0.1, 0.15) is 0 Å². The van der Waals surface area contributed by atoms with Crippen LogP contribution in [0.25, 0.3) is 0 Å². The van der Waals surface area contributed by atoms with Gasteiger partial charge < -0.3 is 11.5 Å². The average Bonchev–Trinajstić information content (AvgIpc) is 2.76. The van der Waals surface area contributed by atoms with Crippen molar-refractivity contribution in [2.75, 3.05) is 13.1 Å². The summed E-state index contributed by atoms with van der Waals surface area (Å²) in [6.07, 6.45) is 3.02. The summed E-state index contributed by atoms with van der Waals surface area (Å²) in [5.41, 5.74) is 10.9. The van der Waals surface area contributed by atoms with E-state index in [9.17, 15) is 4.79 Å². The second-order valence-electron chi connectivity index (χ2n) is 4.29. The summed E-state index contributed by atoms with van der Waals surface area (Å²) in [6, 6.07) is 0.700. The molecule has 2 fully saturated rings. The molecule has 4 heteroatoms. The molecule has 2 rings (SSSR count). The summed E-state index contributed by atoms with van der Waals surface area (Å²) in [5.74, 6) is 0.525. The zero-order valence-electron chi connectivity index (χ0n) is 7.78. The molecule has 0 spiro atoms. The predicted octanol–water partition coefficient (Wildman–Crippen LogP) is -0.717. The van der Waals surface area contributed by atoms with E-state index in [4.69, 9.17) is 11.5 Å². The van der Waals surface area contributed by atoms with Gasteiger partial charge >= 0.3 is 0 Å². The maximum Gasteiger partial charge on any atom is 0.219 e. The first-order chi connectivity index (χ1) is 6.16. The SMILES string of the molecule is NC(=O)CC(C1CC1)N1CC(N)C1. The first-order valence-corrected chi connectivity index (χ1v) is 4.94. The van der Waals surface area contributed by atoms with Crippen LogP contribution in [-0.2, 0) is 4.79 Å². The summed E-state index contributed by atoms with van der Waals surface area (Å²) < 4.78 is 0. The van der Waals surface area contributed by atoms with Crippen molar-refractivity contribution in [3.63, 3.8) is 0 Å².